The molecule has 5 nitrogen and oxygen atoms in total. The van der Waals surface area contributed by atoms with E-state index in [1.165, 1.54) is 10.6 Å². The van der Waals surface area contributed by atoms with Crippen LogP contribution in [0, 0.1) is 6.92 Å². The summed E-state index contributed by atoms with van der Waals surface area (Å²) >= 11 is 1.71. The highest BCUT2D eigenvalue weighted by molar-refractivity contribution is 7.11. The summed E-state index contributed by atoms with van der Waals surface area (Å²) in [5, 5.41) is 12.9. The van der Waals surface area contributed by atoms with Gasteiger partial charge in [-0.05, 0) is 46.0 Å². The number of carbonyl (C=O) groups is 1. The third-order valence-corrected chi connectivity index (χ3v) is 5.10. The molecule has 2 N–H and O–H groups in total. The van der Waals surface area contributed by atoms with Gasteiger partial charge in [0.2, 0.25) is 0 Å². The average Bonchev–Trinajstić information content (AvgIpc) is 2.84. The summed E-state index contributed by atoms with van der Waals surface area (Å²) in [4.78, 5) is 20.0. The molecule has 118 valence electrons. The van der Waals surface area contributed by atoms with E-state index in [9.17, 15) is 4.79 Å². The summed E-state index contributed by atoms with van der Waals surface area (Å²) in [6.45, 7) is 4.17. The van der Waals surface area contributed by atoms with Crippen LogP contribution in [0.3, 0.4) is 0 Å². The van der Waals surface area contributed by atoms with Crippen molar-refractivity contribution in [2.75, 3.05) is 13.7 Å². The number of carbonyl (C=O) groups excluding carboxylic acids is 1. The van der Waals surface area contributed by atoms with E-state index in [0.29, 0.717) is 6.42 Å². The molecule has 0 bridgehead atoms. The minimum atomic E-state index is -0.0376. The molecule has 0 fully saturated rings. The van der Waals surface area contributed by atoms with Gasteiger partial charge in [-0.15, -0.1) is 11.3 Å². The molecule has 1 aromatic heterocycles. The van der Waals surface area contributed by atoms with Crippen LogP contribution >= 0.6 is 11.3 Å². The third-order valence-electron chi connectivity index (χ3n) is 3.98. The van der Waals surface area contributed by atoms with Crippen LogP contribution in [-0.4, -0.2) is 40.7 Å². The Morgan fingerprint density at radius 3 is 3.10 bits per heavy atom. The quantitative estimate of drug-likeness (QED) is 0.878. The minimum Gasteiger partial charge on any atom is -0.396 e. The molecule has 2 rings (SSSR count). The fraction of sp³-hybridized carbons (Fsp3) is 0.733. The predicted molar refractivity (Wildman–Crippen MR) is 84.6 cm³/mol. The van der Waals surface area contributed by atoms with E-state index in [1.807, 2.05) is 25.8 Å². The second-order valence-electron chi connectivity index (χ2n) is 5.78. The van der Waals surface area contributed by atoms with Gasteiger partial charge in [0.15, 0.2) is 0 Å². The number of hydrogen-bond donors (Lipinski definition) is 2. The Kier molecular flexibility index (Phi) is 5.58. The van der Waals surface area contributed by atoms with Gasteiger partial charge in [-0.3, -0.25) is 0 Å². The molecule has 2 amide bonds. The number of aliphatic hydroxyl groups is 1. The van der Waals surface area contributed by atoms with Crippen molar-refractivity contribution >= 4 is 17.4 Å². The van der Waals surface area contributed by atoms with Gasteiger partial charge in [0.1, 0.15) is 0 Å². The standard InChI is InChI=1S/C15H25N3O2S/c1-10(6-5-9-19)16-15(20)18(3)13-8-4-7-12-14(13)21-11(2)17-12/h10,13,19H,4-9H2,1-3H3,(H,16,20). The maximum absolute atomic E-state index is 12.4. The van der Waals surface area contributed by atoms with Crippen molar-refractivity contribution in [1.29, 1.82) is 0 Å². The van der Waals surface area contributed by atoms with Crippen LogP contribution in [0.4, 0.5) is 4.79 Å². The van der Waals surface area contributed by atoms with Crippen molar-refractivity contribution in [3.8, 4) is 0 Å². The molecule has 0 saturated carbocycles. The van der Waals surface area contributed by atoms with Crippen LogP contribution in [-0.2, 0) is 6.42 Å². The molecule has 1 aromatic rings. The predicted octanol–water partition coefficient (Wildman–Crippen LogP) is 2.63. The zero-order chi connectivity index (χ0) is 15.4. The number of urea groups is 1. The second-order valence-corrected chi connectivity index (χ2v) is 7.01. The van der Waals surface area contributed by atoms with Gasteiger partial charge in [0, 0.05) is 19.7 Å². The fourth-order valence-corrected chi connectivity index (χ4v) is 3.96. The topological polar surface area (TPSA) is 65.5 Å². The fourth-order valence-electron chi connectivity index (χ4n) is 2.81. The number of aliphatic hydroxyl groups excluding tert-OH is 1. The molecule has 0 radical (unpaired) electrons. The highest BCUT2D eigenvalue weighted by atomic mass is 32.1. The summed E-state index contributed by atoms with van der Waals surface area (Å²) in [6.07, 6.45) is 4.62. The molecule has 1 aliphatic carbocycles. The number of aryl methyl sites for hydroxylation is 2. The van der Waals surface area contributed by atoms with Crippen molar-refractivity contribution in [2.24, 2.45) is 0 Å². The van der Waals surface area contributed by atoms with Gasteiger partial charge in [-0.2, -0.15) is 0 Å². The molecule has 2 unspecified atom stereocenters. The Hall–Kier alpha value is -1.14. The van der Waals surface area contributed by atoms with Gasteiger partial charge >= 0.3 is 6.03 Å². The van der Waals surface area contributed by atoms with Crippen LogP contribution in [0.5, 0.6) is 0 Å². The van der Waals surface area contributed by atoms with Crippen molar-refractivity contribution < 1.29 is 9.90 Å². The van der Waals surface area contributed by atoms with Crippen molar-refractivity contribution in [2.45, 2.75) is 58.0 Å². The number of thiazole rings is 1. The number of nitrogens with one attached hydrogen (secondary N) is 1. The third kappa shape index (κ3) is 3.95. The van der Waals surface area contributed by atoms with Crippen LogP contribution in [0.25, 0.3) is 0 Å². The molecule has 6 heteroatoms. The Bertz CT molecular complexity index is 489. The van der Waals surface area contributed by atoms with Gasteiger partial charge in [-0.25, -0.2) is 9.78 Å². The lowest BCUT2D eigenvalue weighted by Crippen LogP contribution is -2.44. The van der Waals surface area contributed by atoms with Crippen molar-refractivity contribution in [3.63, 3.8) is 0 Å². The molecule has 0 aromatic carbocycles. The van der Waals surface area contributed by atoms with Crippen LogP contribution < -0.4 is 5.32 Å². The molecule has 1 heterocycles. The summed E-state index contributed by atoms with van der Waals surface area (Å²) in [7, 11) is 1.86. The molecule has 21 heavy (non-hydrogen) atoms. The molecule has 1 aliphatic rings. The number of fused-ring (bicyclic) bond motifs is 1. The normalized spacial score (nSPS) is 19.0. The largest absolute Gasteiger partial charge is 0.396 e. The smallest absolute Gasteiger partial charge is 0.317 e. The lowest BCUT2D eigenvalue weighted by molar-refractivity contribution is 0.180. The van der Waals surface area contributed by atoms with Gasteiger partial charge in [0.25, 0.3) is 0 Å². The lowest BCUT2D eigenvalue weighted by atomic mass is 9.97. The highest BCUT2D eigenvalue weighted by Gasteiger charge is 2.29. The highest BCUT2D eigenvalue weighted by Crippen LogP contribution is 2.37. The van der Waals surface area contributed by atoms with Crippen molar-refractivity contribution in [3.05, 3.63) is 15.6 Å². The monoisotopic (exact) mass is 311 g/mol. The first-order chi connectivity index (χ1) is 10.0. The van der Waals surface area contributed by atoms with E-state index in [0.717, 1.165) is 30.7 Å². The second kappa shape index (κ2) is 7.22. The number of rotatable bonds is 5. The van der Waals surface area contributed by atoms with Crippen LogP contribution in [0.2, 0.25) is 0 Å². The Morgan fingerprint density at radius 2 is 2.38 bits per heavy atom. The average molecular weight is 311 g/mol. The number of nitrogens with zero attached hydrogens (tertiary/aromatic N) is 2. The van der Waals surface area contributed by atoms with E-state index in [1.54, 1.807) is 11.3 Å². The maximum atomic E-state index is 12.4. The van der Waals surface area contributed by atoms with E-state index in [2.05, 4.69) is 10.3 Å². The minimum absolute atomic E-state index is 0.0376. The molecule has 2 atom stereocenters. The van der Waals surface area contributed by atoms with E-state index >= 15 is 0 Å². The first-order valence-electron chi connectivity index (χ1n) is 7.63. The van der Waals surface area contributed by atoms with Crippen LogP contribution in [0.15, 0.2) is 0 Å². The Balaban J connectivity index is 2.00. The van der Waals surface area contributed by atoms with Gasteiger partial charge in [0.05, 0.1) is 21.6 Å². The van der Waals surface area contributed by atoms with E-state index in [4.69, 9.17) is 5.11 Å². The van der Waals surface area contributed by atoms with Crippen LogP contribution in [0.1, 0.15) is 54.2 Å². The Labute approximate surface area is 130 Å². The first-order valence-corrected chi connectivity index (χ1v) is 8.45. The lowest BCUT2D eigenvalue weighted by Gasteiger charge is -2.31. The summed E-state index contributed by atoms with van der Waals surface area (Å²) in [6, 6.07) is 0.188. The first kappa shape index (κ1) is 16.2. The number of hydrogen-bond acceptors (Lipinski definition) is 4. The molecule has 0 aliphatic heterocycles. The Morgan fingerprint density at radius 1 is 1.62 bits per heavy atom. The zero-order valence-electron chi connectivity index (χ0n) is 13.1. The molecular weight excluding hydrogens is 286 g/mol. The van der Waals surface area contributed by atoms with Gasteiger partial charge < -0.3 is 15.3 Å². The molecule has 0 spiro atoms. The molecule has 0 saturated heterocycles. The summed E-state index contributed by atoms with van der Waals surface area (Å²) in [5.41, 5.74) is 1.17. The maximum Gasteiger partial charge on any atom is 0.317 e. The summed E-state index contributed by atoms with van der Waals surface area (Å²) < 4.78 is 0. The van der Waals surface area contributed by atoms with Gasteiger partial charge in [-0.1, -0.05) is 0 Å². The summed E-state index contributed by atoms with van der Waals surface area (Å²) in [5.74, 6) is 0. The number of amides is 2. The zero-order valence-corrected chi connectivity index (χ0v) is 13.9. The SMILES string of the molecule is Cc1nc2c(s1)C(N(C)C(=O)NC(C)CCCO)CCC2. The molecular formula is C15H25N3O2S. The van der Waals surface area contributed by atoms with Crippen molar-refractivity contribution in [1.82, 2.24) is 15.2 Å². The van der Waals surface area contributed by atoms with E-state index < -0.39 is 0 Å². The number of aromatic nitrogens is 1. The van der Waals surface area contributed by atoms with E-state index in [-0.39, 0.29) is 24.7 Å².